The van der Waals surface area contributed by atoms with Gasteiger partial charge in [0.05, 0.1) is 6.54 Å². The third-order valence-corrected chi connectivity index (χ3v) is 4.59. The van der Waals surface area contributed by atoms with Gasteiger partial charge in [0.15, 0.2) is 0 Å². The Hall–Kier alpha value is -1.35. The lowest BCUT2D eigenvalue weighted by atomic mass is 9.89. The Kier molecular flexibility index (Phi) is 5.40. The second-order valence-electron chi connectivity index (χ2n) is 6.75. The molecular formula is C18H28N2O. The number of amides is 1. The van der Waals surface area contributed by atoms with Crippen molar-refractivity contribution in [2.45, 2.75) is 51.5 Å². The topological polar surface area (TPSA) is 32.3 Å². The maximum Gasteiger partial charge on any atom is 0.234 e. The molecule has 116 valence electrons. The predicted molar refractivity (Wildman–Crippen MR) is 87.4 cm³/mol. The highest BCUT2D eigenvalue weighted by Crippen LogP contribution is 2.27. The third-order valence-electron chi connectivity index (χ3n) is 4.59. The quantitative estimate of drug-likeness (QED) is 0.902. The molecule has 1 aliphatic heterocycles. The van der Waals surface area contributed by atoms with Crippen molar-refractivity contribution in [1.29, 1.82) is 0 Å². The van der Waals surface area contributed by atoms with Crippen molar-refractivity contribution >= 4 is 5.91 Å². The van der Waals surface area contributed by atoms with Crippen molar-refractivity contribution in [1.82, 2.24) is 10.2 Å². The van der Waals surface area contributed by atoms with E-state index in [2.05, 4.69) is 61.3 Å². The predicted octanol–water partition coefficient (Wildman–Crippen LogP) is 3.17. The van der Waals surface area contributed by atoms with E-state index in [-0.39, 0.29) is 11.4 Å². The fourth-order valence-electron chi connectivity index (χ4n) is 2.86. The highest BCUT2D eigenvalue weighted by atomic mass is 16.2. The molecule has 0 aromatic heterocycles. The van der Waals surface area contributed by atoms with E-state index in [1.165, 1.54) is 5.56 Å². The van der Waals surface area contributed by atoms with Crippen LogP contribution >= 0.6 is 0 Å². The van der Waals surface area contributed by atoms with Crippen LogP contribution in [0.25, 0.3) is 0 Å². The van der Waals surface area contributed by atoms with Crippen LogP contribution in [0, 0.1) is 0 Å². The molecule has 1 fully saturated rings. The Labute approximate surface area is 128 Å². The lowest BCUT2D eigenvalue weighted by Gasteiger charge is -2.33. The maximum absolute atomic E-state index is 12.1. The fraction of sp³-hybridized carbons (Fsp3) is 0.611. The van der Waals surface area contributed by atoms with Gasteiger partial charge in [0.1, 0.15) is 0 Å². The molecule has 0 aliphatic carbocycles. The van der Waals surface area contributed by atoms with Crippen molar-refractivity contribution in [3.8, 4) is 0 Å². The lowest BCUT2D eigenvalue weighted by Crippen LogP contribution is -2.48. The number of carbonyl (C=O) groups is 1. The van der Waals surface area contributed by atoms with Crippen LogP contribution in [-0.2, 0) is 4.79 Å². The minimum atomic E-state index is -0.0978. The zero-order valence-electron chi connectivity index (χ0n) is 13.6. The summed E-state index contributed by atoms with van der Waals surface area (Å²) in [7, 11) is 0. The van der Waals surface area contributed by atoms with E-state index >= 15 is 0 Å². The molecule has 2 rings (SSSR count). The molecule has 0 spiro atoms. The number of nitrogens with one attached hydrogen (secondary N) is 1. The van der Waals surface area contributed by atoms with Gasteiger partial charge in [0, 0.05) is 5.54 Å². The zero-order valence-corrected chi connectivity index (χ0v) is 13.6. The van der Waals surface area contributed by atoms with Gasteiger partial charge in [-0.2, -0.15) is 0 Å². The first-order chi connectivity index (χ1) is 10.00. The molecule has 0 radical (unpaired) electrons. The van der Waals surface area contributed by atoms with Gasteiger partial charge in [-0.05, 0) is 57.7 Å². The molecule has 0 saturated carbocycles. The van der Waals surface area contributed by atoms with Gasteiger partial charge in [0.2, 0.25) is 5.91 Å². The van der Waals surface area contributed by atoms with Gasteiger partial charge in [-0.15, -0.1) is 0 Å². The van der Waals surface area contributed by atoms with Gasteiger partial charge in [-0.1, -0.05) is 37.3 Å². The van der Waals surface area contributed by atoms with E-state index in [0.29, 0.717) is 12.5 Å². The normalized spacial score (nSPS) is 17.7. The molecule has 1 N–H and O–H groups in total. The van der Waals surface area contributed by atoms with Crippen LogP contribution < -0.4 is 5.32 Å². The number of piperidine rings is 1. The van der Waals surface area contributed by atoms with Gasteiger partial charge >= 0.3 is 0 Å². The van der Waals surface area contributed by atoms with Crippen molar-refractivity contribution in [2.24, 2.45) is 0 Å². The molecule has 1 aromatic carbocycles. The summed E-state index contributed by atoms with van der Waals surface area (Å²) in [6.07, 6.45) is 3.25. The Morgan fingerprint density at radius 2 is 1.86 bits per heavy atom. The van der Waals surface area contributed by atoms with E-state index in [0.717, 1.165) is 32.4 Å². The number of hydrogen-bond donors (Lipinski definition) is 1. The van der Waals surface area contributed by atoms with Crippen LogP contribution in [0.5, 0.6) is 0 Å². The van der Waals surface area contributed by atoms with E-state index in [1.807, 2.05) is 0 Å². The fourth-order valence-corrected chi connectivity index (χ4v) is 2.86. The number of likely N-dealkylation sites (tertiary alicyclic amines) is 1. The average Bonchev–Trinajstić information content (AvgIpc) is 2.48. The van der Waals surface area contributed by atoms with Crippen molar-refractivity contribution < 1.29 is 4.79 Å². The Balaban J connectivity index is 1.78. The van der Waals surface area contributed by atoms with Crippen molar-refractivity contribution in [3.05, 3.63) is 35.9 Å². The van der Waals surface area contributed by atoms with Gasteiger partial charge in [-0.25, -0.2) is 0 Å². The summed E-state index contributed by atoms with van der Waals surface area (Å²) < 4.78 is 0. The third kappa shape index (κ3) is 4.85. The van der Waals surface area contributed by atoms with Crippen molar-refractivity contribution in [2.75, 3.05) is 19.6 Å². The summed E-state index contributed by atoms with van der Waals surface area (Å²) in [6, 6.07) is 10.7. The summed E-state index contributed by atoms with van der Waals surface area (Å²) in [5.74, 6) is 0.803. The number of carbonyl (C=O) groups excluding carboxylic acids is 1. The van der Waals surface area contributed by atoms with E-state index < -0.39 is 0 Å². The first kappa shape index (κ1) is 16.0. The lowest BCUT2D eigenvalue weighted by molar-refractivity contribution is -0.124. The van der Waals surface area contributed by atoms with Crippen LogP contribution in [-0.4, -0.2) is 36.0 Å². The summed E-state index contributed by atoms with van der Waals surface area (Å²) in [6.45, 7) is 8.81. The standard InChI is InChI=1S/C18H28N2O/c1-4-18(2,3)19-17(21)14-20-12-10-16(11-13-20)15-8-6-5-7-9-15/h5-9,16H,4,10-14H2,1-3H3,(H,19,21). The molecule has 1 aliphatic rings. The SMILES string of the molecule is CCC(C)(C)NC(=O)CN1CCC(c2ccccc2)CC1. The first-order valence-electron chi connectivity index (χ1n) is 8.08. The molecule has 0 unspecified atom stereocenters. The van der Waals surface area contributed by atoms with Gasteiger partial charge < -0.3 is 5.32 Å². The molecule has 0 atom stereocenters. The molecule has 3 nitrogen and oxygen atoms in total. The highest BCUT2D eigenvalue weighted by molar-refractivity contribution is 5.78. The Morgan fingerprint density at radius 3 is 2.43 bits per heavy atom. The van der Waals surface area contributed by atoms with Gasteiger partial charge in [0.25, 0.3) is 0 Å². The molecule has 1 heterocycles. The second-order valence-corrected chi connectivity index (χ2v) is 6.75. The summed E-state index contributed by atoms with van der Waals surface area (Å²) in [5.41, 5.74) is 1.34. The summed E-state index contributed by atoms with van der Waals surface area (Å²) in [5, 5.41) is 3.12. The number of nitrogens with zero attached hydrogens (tertiary/aromatic N) is 1. The molecule has 1 aromatic rings. The van der Waals surface area contributed by atoms with Crippen LogP contribution in [0.3, 0.4) is 0 Å². The molecule has 3 heteroatoms. The Morgan fingerprint density at radius 1 is 1.24 bits per heavy atom. The van der Waals surface area contributed by atoms with Crippen LogP contribution in [0.4, 0.5) is 0 Å². The van der Waals surface area contributed by atoms with Crippen LogP contribution in [0.15, 0.2) is 30.3 Å². The number of benzene rings is 1. The first-order valence-corrected chi connectivity index (χ1v) is 8.08. The summed E-state index contributed by atoms with van der Waals surface area (Å²) >= 11 is 0. The maximum atomic E-state index is 12.1. The minimum Gasteiger partial charge on any atom is -0.350 e. The number of rotatable bonds is 5. The molecule has 1 amide bonds. The smallest absolute Gasteiger partial charge is 0.234 e. The molecular weight excluding hydrogens is 260 g/mol. The Bertz CT molecular complexity index is 448. The monoisotopic (exact) mass is 288 g/mol. The highest BCUT2D eigenvalue weighted by Gasteiger charge is 2.24. The van der Waals surface area contributed by atoms with Crippen LogP contribution in [0.2, 0.25) is 0 Å². The largest absolute Gasteiger partial charge is 0.350 e. The summed E-state index contributed by atoms with van der Waals surface area (Å²) in [4.78, 5) is 14.4. The number of hydrogen-bond acceptors (Lipinski definition) is 2. The van der Waals surface area contributed by atoms with E-state index in [4.69, 9.17) is 0 Å². The average molecular weight is 288 g/mol. The zero-order chi connectivity index (χ0) is 15.3. The molecule has 0 bridgehead atoms. The van der Waals surface area contributed by atoms with Gasteiger partial charge in [-0.3, -0.25) is 9.69 Å². The van der Waals surface area contributed by atoms with Crippen LogP contribution in [0.1, 0.15) is 51.5 Å². The molecule has 21 heavy (non-hydrogen) atoms. The van der Waals surface area contributed by atoms with Crippen molar-refractivity contribution in [3.63, 3.8) is 0 Å². The minimum absolute atomic E-state index is 0.0978. The van der Waals surface area contributed by atoms with E-state index in [1.54, 1.807) is 0 Å². The van der Waals surface area contributed by atoms with E-state index in [9.17, 15) is 4.79 Å². The second kappa shape index (κ2) is 7.08. The molecule has 1 saturated heterocycles.